The first-order valence-electron chi connectivity index (χ1n) is 6.71. The number of hydrogen-bond acceptors (Lipinski definition) is 3. The predicted octanol–water partition coefficient (Wildman–Crippen LogP) is 2.75. The van der Waals surface area contributed by atoms with Crippen LogP contribution in [0.15, 0.2) is 24.3 Å². The maximum Gasteiger partial charge on any atom is 0.150 e. The average molecular weight is 247 g/mol. The van der Waals surface area contributed by atoms with E-state index in [4.69, 9.17) is 4.74 Å². The Morgan fingerprint density at radius 2 is 2.11 bits per heavy atom. The minimum atomic E-state index is 0.680. The fraction of sp³-hybridized carbons (Fsp3) is 0.533. The van der Waals surface area contributed by atoms with Crippen molar-refractivity contribution in [2.75, 3.05) is 19.7 Å². The molecule has 1 fully saturated rings. The number of carbonyl (C=O) groups excluding carboxylic acids is 1. The zero-order valence-electron chi connectivity index (χ0n) is 11.0. The number of likely N-dealkylation sites (tertiary alicyclic amines) is 1. The van der Waals surface area contributed by atoms with E-state index < -0.39 is 0 Å². The number of benzene rings is 1. The number of carbonyl (C=O) groups is 1. The predicted molar refractivity (Wildman–Crippen MR) is 72.2 cm³/mol. The minimum absolute atomic E-state index is 0.680. The second kappa shape index (κ2) is 6.55. The van der Waals surface area contributed by atoms with Crippen molar-refractivity contribution >= 4 is 6.29 Å². The smallest absolute Gasteiger partial charge is 0.150 e. The van der Waals surface area contributed by atoms with E-state index in [1.54, 1.807) is 12.1 Å². The van der Waals surface area contributed by atoms with Gasteiger partial charge >= 0.3 is 0 Å². The van der Waals surface area contributed by atoms with Crippen molar-refractivity contribution in [1.82, 2.24) is 4.90 Å². The van der Waals surface area contributed by atoms with Crippen LogP contribution in [0.5, 0.6) is 5.75 Å². The van der Waals surface area contributed by atoms with Gasteiger partial charge in [0, 0.05) is 18.2 Å². The summed E-state index contributed by atoms with van der Waals surface area (Å²) in [5, 5.41) is 0. The minimum Gasteiger partial charge on any atom is -0.492 e. The molecule has 3 heteroatoms. The standard InChI is InChI=1S/C15H21NO2/c1-13-4-2-3-9-16(13)10-11-18-15-7-5-14(12-17)6-8-15/h5-8,12-13H,2-4,9-11H2,1H3/t13-/m1/s1. The monoisotopic (exact) mass is 247 g/mol. The van der Waals surface area contributed by atoms with Crippen LogP contribution in [-0.4, -0.2) is 36.9 Å². The normalized spacial score (nSPS) is 20.6. The van der Waals surface area contributed by atoms with E-state index in [9.17, 15) is 4.79 Å². The zero-order valence-corrected chi connectivity index (χ0v) is 11.0. The Morgan fingerprint density at radius 1 is 1.33 bits per heavy atom. The summed E-state index contributed by atoms with van der Waals surface area (Å²) in [6.45, 7) is 5.17. The number of hydrogen-bond donors (Lipinski definition) is 0. The lowest BCUT2D eigenvalue weighted by Crippen LogP contribution is -2.39. The first kappa shape index (κ1) is 13.1. The van der Waals surface area contributed by atoms with Crippen molar-refractivity contribution in [3.8, 4) is 5.75 Å². The number of rotatable bonds is 5. The molecule has 1 aromatic rings. The van der Waals surface area contributed by atoms with E-state index in [0.717, 1.165) is 18.6 Å². The summed E-state index contributed by atoms with van der Waals surface area (Å²) < 4.78 is 5.70. The molecule has 0 amide bonds. The maximum absolute atomic E-state index is 10.5. The highest BCUT2D eigenvalue weighted by Crippen LogP contribution is 2.16. The Labute approximate surface area is 109 Å². The van der Waals surface area contributed by atoms with Crippen molar-refractivity contribution in [2.45, 2.75) is 32.2 Å². The van der Waals surface area contributed by atoms with E-state index >= 15 is 0 Å². The number of ether oxygens (including phenoxy) is 1. The van der Waals surface area contributed by atoms with E-state index in [2.05, 4.69) is 11.8 Å². The van der Waals surface area contributed by atoms with Gasteiger partial charge in [-0.3, -0.25) is 9.69 Å². The molecule has 0 bridgehead atoms. The van der Waals surface area contributed by atoms with Crippen LogP contribution in [-0.2, 0) is 0 Å². The molecule has 0 aromatic heterocycles. The van der Waals surface area contributed by atoms with E-state index in [1.807, 2.05) is 12.1 Å². The quantitative estimate of drug-likeness (QED) is 0.749. The average Bonchev–Trinajstić information content (AvgIpc) is 2.42. The molecule has 98 valence electrons. The molecule has 18 heavy (non-hydrogen) atoms. The Balaban J connectivity index is 1.75. The van der Waals surface area contributed by atoms with Crippen molar-refractivity contribution in [3.05, 3.63) is 29.8 Å². The fourth-order valence-electron chi connectivity index (χ4n) is 2.41. The molecule has 0 unspecified atom stereocenters. The van der Waals surface area contributed by atoms with Gasteiger partial charge in [0.15, 0.2) is 0 Å². The molecule has 0 N–H and O–H groups in total. The van der Waals surface area contributed by atoms with Crippen LogP contribution in [0.2, 0.25) is 0 Å². The summed E-state index contributed by atoms with van der Waals surface area (Å²) >= 11 is 0. The highest BCUT2D eigenvalue weighted by Gasteiger charge is 2.17. The maximum atomic E-state index is 10.5. The Morgan fingerprint density at radius 3 is 2.78 bits per heavy atom. The summed E-state index contributed by atoms with van der Waals surface area (Å²) in [5.41, 5.74) is 0.687. The van der Waals surface area contributed by atoms with Gasteiger partial charge in [-0.1, -0.05) is 6.42 Å². The molecular formula is C15H21NO2. The van der Waals surface area contributed by atoms with Gasteiger partial charge in [-0.15, -0.1) is 0 Å². The third-order valence-corrected chi connectivity index (χ3v) is 3.60. The lowest BCUT2D eigenvalue weighted by atomic mass is 10.0. The Hall–Kier alpha value is -1.35. The Kier molecular flexibility index (Phi) is 4.76. The van der Waals surface area contributed by atoms with Gasteiger partial charge in [-0.05, 0) is 50.6 Å². The van der Waals surface area contributed by atoms with Crippen molar-refractivity contribution in [3.63, 3.8) is 0 Å². The largest absolute Gasteiger partial charge is 0.492 e. The van der Waals surface area contributed by atoms with Crippen molar-refractivity contribution < 1.29 is 9.53 Å². The lowest BCUT2D eigenvalue weighted by molar-refractivity contribution is 0.112. The van der Waals surface area contributed by atoms with Crippen LogP contribution in [0, 0.1) is 0 Å². The first-order valence-corrected chi connectivity index (χ1v) is 6.71. The molecule has 1 aromatic carbocycles. The molecular weight excluding hydrogens is 226 g/mol. The lowest BCUT2D eigenvalue weighted by Gasteiger charge is -2.33. The zero-order chi connectivity index (χ0) is 12.8. The highest BCUT2D eigenvalue weighted by molar-refractivity contribution is 5.74. The van der Waals surface area contributed by atoms with Crippen LogP contribution in [0.25, 0.3) is 0 Å². The highest BCUT2D eigenvalue weighted by atomic mass is 16.5. The van der Waals surface area contributed by atoms with Gasteiger partial charge in [-0.25, -0.2) is 0 Å². The SMILES string of the molecule is C[C@@H]1CCCCN1CCOc1ccc(C=O)cc1. The first-order chi connectivity index (χ1) is 8.79. The molecule has 1 aliphatic rings. The van der Waals surface area contributed by atoms with Crippen LogP contribution < -0.4 is 4.74 Å². The van der Waals surface area contributed by atoms with E-state index in [1.165, 1.54) is 25.8 Å². The number of piperidine rings is 1. The van der Waals surface area contributed by atoms with Gasteiger partial charge in [0.1, 0.15) is 18.6 Å². The van der Waals surface area contributed by atoms with Crippen LogP contribution in [0.1, 0.15) is 36.5 Å². The molecule has 1 heterocycles. The molecule has 0 aliphatic carbocycles. The van der Waals surface area contributed by atoms with Gasteiger partial charge in [0.2, 0.25) is 0 Å². The topological polar surface area (TPSA) is 29.5 Å². The summed E-state index contributed by atoms with van der Waals surface area (Å²) in [7, 11) is 0. The molecule has 3 nitrogen and oxygen atoms in total. The third kappa shape index (κ3) is 3.57. The van der Waals surface area contributed by atoms with Crippen LogP contribution >= 0.6 is 0 Å². The van der Waals surface area contributed by atoms with Crippen LogP contribution in [0.3, 0.4) is 0 Å². The molecule has 2 rings (SSSR count). The van der Waals surface area contributed by atoms with E-state index in [0.29, 0.717) is 18.2 Å². The molecule has 1 atom stereocenters. The molecule has 0 radical (unpaired) electrons. The number of aldehydes is 1. The second-order valence-corrected chi connectivity index (χ2v) is 4.92. The summed E-state index contributed by atoms with van der Waals surface area (Å²) in [4.78, 5) is 13.0. The number of nitrogens with zero attached hydrogens (tertiary/aromatic N) is 1. The second-order valence-electron chi connectivity index (χ2n) is 4.92. The fourth-order valence-corrected chi connectivity index (χ4v) is 2.41. The molecule has 0 saturated carbocycles. The van der Waals surface area contributed by atoms with E-state index in [-0.39, 0.29) is 0 Å². The third-order valence-electron chi connectivity index (χ3n) is 3.60. The summed E-state index contributed by atoms with van der Waals surface area (Å²) in [6, 6.07) is 7.95. The summed E-state index contributed by atoms with van der Waals surface area (Å²) in [5.74, 6) is 0.838. The molecule has 1 saturated heterocycles. The van der Waals surface area contributed by atoms with Crippen molar-refractivity contribution in [1.29, 1.82) is 0 Å². The van der Waals surface area contributed by atoms with Gasteiger partial charge in [-0.2, -0.15) is 0 Å². The van der Waals surface area contributed by atoms with Gasteiger partial charge in [0.25, 0.3) is 0 Å². The molecule has 0 spiro atoms. The van der Waals surface area contributed by atoms with Gasteiger partial charge < -0.3 is 4.74 Å². The van der Waals surface area contributed by atoms with Gasteiger partial charge in [0.05, 0.1) is 0 Å². The Bertz CT molecular complexity index is 375. The summed E-state index contributed by atoms with van der Waals surface area (Å²) in [6.07, 6.45) is 4.80. The molecule has 1 aliphatic heterocycles. The van der Waals surface area contributed by atoms with Crippen molar-refractivity contribution in [2.24, 2.45) is 0 Å². The van der Waals surface area contributed by atoms with Crippen LogP contribution in [0.4, 0.5) is 0 Å².